The molecule has 1 aromatic carbocycles. The van der Waals surface area contributed by atoms with Crippen LogP contribution in [0.3, 0.4) is 0 Å². The van der Waals surface area contributed by atoms with Gasteiger partial charge >= 0.3 is 14.4 Å². The molecule has 0 bridgehead atoms. The van der Waals surface area contributed by atoms with Gasteiger partial charge in [-0.25, -0.2) is 0 Å². The van der Waals surface area contributed by atoms with Crippen LogP contribution >= 0.6 is 20.7 Å². The Hall–Kier alpha value is -0.720. The first-order valence-corrected chi connectivity index (χ1v) is 9.07. The minimum atomic E-state index is -4.25. The number of halogens is 4. The molecular weight excluding hydrogens is 378 g/mol. The van der Waals surface area contributed by atoms with E-state index >= 15 is 0 Å². The maximum absolute atomic E-state index is 12.4. The van der Waals surface area contributed by atoms with Crippen LogP contribution in [0.25, 0.3) is 0 Å². The topological polar surface area (TPSA) is 69.6 Å². The molecule has 9 heteroatoms. The van der Waals surface area contributed by atoms with E-state index in [0.717, 1.165) is 12.6 Å². The Labute approximate surface area is 154 Å². The summed E-state index contributed by atoms with van der Waals surface area (Å²) in [5, 5.41) is 3.17. The summed E-state index contributed by atoms with van der Waals surface area (Å²) in [5.41, 5.74) is 0.136. The largest absolute Gasteiger partial charge is 0.692 e. The van der Waals surface area contributed by atoms with Crippen molar-refractivity contribution in [3.63, 3.8) is 0 Å². The third kappa shape index (κ3) is 15.3. The van der Waals surface area contributed by atoms with Crippen LogP contribution in [0.2, 0.25) is 0 Å². The van der Waals surface area contributed by atoms with Gasteiger partial charge in [-0.3, -0.25) is 0 Å². The summed E-state index contributed by atoms with van der Waals surface area (Å²) in [6, 6.07) is 5.68. The molecule has 1 saturated carbocycles. The normalized spacial score (nSPS) is 13.7. The van der Waals surface area contributed by atoms with E-state index in [2.05, 4.69) is 5.32 Å². The highest BCUT2D eigenvalue weighted by atomic mass is 35.5. The van der Waals surface area contributed by atoms with E-state index < -0.39 is 20.0 Å². The van der Waals surface area contributed by atoms with Crippen LogP contribution in [0.1, 0.15) is 50.7 Å². The van der Waals surface area contributed by atoms with Gasteiger partial charge in [0.2, 0.25) is 0 Å². The number of alkyl halides is 3. The summed E-state index contributed by atoms with van der Waals surface area (Å²) in [6.45, 7) is 4.76. The fourth-order valence-electron chi connectivity index (χ4n) is 1.90. The molecule has 0 heterocycles. The van der Waals surface area contributed by atoms with Crippen molar-refractivity contribution in [2.75, 3.05) is 6.54 Å². The minimum Gasteiger partial charge on any atom is -0.314 e. The zero-order valence-electron chi connectivity index (χ0n) is 14.4. The van der Waals surface area contributed by atoms with Crippen molar-refractivity contribution < 1.29 is 27.5 Å². The number of benzene rings is 1. The lowest BCUT2D eigenvalue weighted by Crippen LogP contribution is -2.27. The average Bonchev–Trinajstić information content (AvgIpc) is 2.35. The molecule has 3 N–H and O–H groups in total. The second-order valence-electron chi connectivity index (χ2n) is 5.53. The maximum atomic E-state index is 12.4. The van der Waals surface area contributed by atoms with Crippen LogP contribution in [0.15, 0.2) is 24.3 Å². The molecule has 146 valence electrons. The Morgan fingerprint density at radius 1 is 1.20 bits per heavy atom. The highest BCUT2D eigenvalue weighted by Crippen LogP contribution is 2.29. The molecule has 2 rings (SSSR count). The van der Waals surface area contributed by atoms with Crippen molar-refractivity contribution in [2.45, 2.75) is 58.2 Å². The summed E-state index contributed by atoms with van der Waals surface area (Å²) >= 11 is 0. The van der Waals surface area contributed by atoms with E-state index in [1.807, 2.05) is 13.8 Å². The van der Waals surface area contributed by atoms with Gasteiger partial charge in [0, 0.05) is 10.6 Å². The second-order valence-corrected chi connectivity index (χ2v) is 6.03. The Kier molecular flexibility index (Phi) is 15.3. The van der Waals surface area contributed by atoms with Crippen LogP contribution in [0.5, 0.6) is 0 Å². The second kappa shape index (κ2) is 14.4. The van der Waals surface area contributed by atoms with Crippen LogP contribution in [-0.4, -0.2) is 22.4 Å². The molecule has 4 nitrogen and oxygen atoms in total. The number of rotatable bonds is 4. The zero-order chi connectivity index (χ0) is 18.6. The number of hydrogen-bond acceptors (Lipinski definition) is 2. The summed E-state index contributed by atoms with van der Waals surface area (Å²) in [6.07, 6.45) is 2.36. The van der Waals surface area contributed by atoms with Gasteiger partial charge in [-0.1, -0.05) is 50.8 Å². The van der Waals surface area contributed by atoms with Crippen LogP contribution < -0.4 is 5.32 Å². The molecule has 0 saturated heterocycles. The standard InChI is InChI=1S/C12H16F3N.C4H8.ClH.HO3P/c1-3-16-9(2)7-10-5-4-6-11(8-10)12(13,14)15;1-2-4-3-1;;1-4(2)3/h4-6,8-9,16H,3,7H2,1-2H3;1-4H2;1H;(H-,1,2,3)/p+1. The first-order valence-electron chi connectivity index (χ1n) is 7.91. The van der Waals surface area contributed by atoms with E-state index in [1.54, 1.807) is 6.07 Å². The molecule has 1 aliphatic carbocycles. The molecule has 0 radical (unpaired) electrons. The summed E-state index contributed by atoms with van der Waals surface area (Å²) in [7, 11) is -2.87. The van der Waals surface area contributed by atoms with Gasteiger partial charge in [0.25, 0.3) is 0 Å². The van der Waals surface area contributed by atoms with Gasteiger partial charge < -0.3 is 5.32 Å². The van der Waals surface area contributed by atoms with Crippen LogP contribution in [0, 0.1) is 0 Å². The lowest BCUT2D eigenvalue weighted by Gasteiger charge is -2.13. The van der Waals surface area contributed by atoms with Gasteiger partial charge in [0.1, 0.15) is 0 Å². The van der Waals surface area contributed by atoms with E-state index in [-0.39, 0.29) is 18.4 Å². The molecule has 1 aliphatic rings. The number of likely N-dealkylation sites (N-methyl/N-ethyl adjacent to an activating group) is 1. The first kappa shape index (κ1) is 26.5. The first-order chi connectivity index (χ1) is 11.2. The van der Waals surface area contributed by atoms with Gasteiger partial charge in [-0.2, -0.15) is 13.2 Å². The van der Waals surface area contributed by atoms with E-state index in [0.29, 0.717) is 12.0 Å². The summed E-state index contributed by atoms with van der Waals surface area (Å²) in [5.74, 6) is 0. The molecule has 0 amide bonds. The maximum Gasteiger partial charge on any atom is 0.692 e. The van der Waals surface area contributed by atoms with E-state index in [4.69, 9.17) is 14.4 Å². The van der Waals surface area contributed by atoms with Gasteiger partial charge in [-0.05, 0) is 31.5 Å². The van der Waals surface area contributed by atoms with E-state index in [1.165, 1.54) is 37.8 Å². The molecule has 1 aromatic rings. The van der Waals surface area contributed by atoms with Crippen LogP contribution in [0.4, 0.5) is 13.2 Å². The molecular formula is C16H27ClF3NO3P+. The summed E-state index contributed by atoms with van der Waals surface area (Å²) in [4.78, 5) is 14.2. The fourth-order valence-corrected chi connectivity index (χ4v) is 1.90. The Morgan fingerprint density at radius 2 is 1.68 bits per heavy atom. The highest BCUT2D eigenvalue weighted by Gasteiger charge is 2.30. The molecule has 1 unspecified atom stereocenters. The summed E-state index contributed by atoms with van der Waals surface area (Å²) < 4.78 is 46.0. The van der Waals surface area contributed by atoms with Crippen molar-refractivity contribution in [1.29, 1.82) is 0 Å². The smallest absolute Gasteiger partial charge is 0.314 e. The van der Waals surface area contributed by atoms with Crippen molar-refractivity contribution in [3.05, 3.63) is 35.4 Å². The molecule has 0 aromatic heterocycles. The quantitative estimate of drug-likeness (QED) is 0.627. The number of nitrogens with one attached hydrogen (secondary N) is 1. The molecule has 1 atom stereocenters. The van der Waals surface area contributed by atoms with E-state index in [9.17, 15) is 13.2 Å². The van der Waals surface area contributed by atoms with Crippen LogP contribution in [-0.2, 0) is 17.2 Å². The molecule has 0 aliphatic heterocycles. The predicted molar refractivity (Wildman–Crippen MR) is 96.0 cm³/mol. The van der Waals surface area contributed by atoms with Crippen molar-refractivity contribution >= 4 is 20.7 Å². The molecule has 1 fully saturated rings. The van der Waals surface area contributed by atoms with Gasteiger partial charge in [0.15, 0.2) is 0 Å². The monoisotopic (exact) mass is 404 g/mol. The lowest BCUT2D eigenvalue weighted by atomic mass is 10.0. The predicted octanol–water partition coefficient (Wildman–Crippen LogP) is 4.86. The van der Waals surface area contributed by atoms with Gasteiger partial charge in [0.05, 0.1) is 5.56 Å². The highest BCUT2D eigenvalue weighted by molar-refractivity contribution is 7.30. The Morgan fingerprint density at radius 3 is 2.04 bits per heavy atom. The third-order valence-electron chi connectivity index (χ3n) is 3.35. The zero-order valence-corrected chi connectivity index (χ0v) is 16.1. The van der Waals surface area contributed by atoms with Crippen molar-refractivity contribution in [3.8, 4) is 0 Å². The lowest BCUT2D eigenvalue weighted by molar-refractivity contribution is -0.137. The van der Waals surface area contributed by atoms with Gasteiger partial charge in [-0.15, -0.1) is 22.2 Å². The fraction of sp³-hybridized carbons (Fsp3) is 0.625. The molecule has 25 heavy (non-hydrogen) atoms. The SMILES string of the molecule is C1CCC1.CCNC(C)Cc1cccc(C(F)(F)F)c1.Cl.O=[P+](O)O. The van der Waals surface area contributed by atoms with Crippen molar-refractivity contribution in [2.24, 2.45) is 0 Å². The number of hydrogen-bond donors (Lipinski definition) is 3. The Bertz CT molecular complexity index is 478. The average molecular weight is 405 g/mol. The Balaban J connectivity index is 0. The van der Waals surface area contributed by atoms with Crippen molar-refractivity contribution in [1.82, 2.24) is 5.32 Å². The molecule has 0 spiro atoms. The third-order valence-corrected chi connectivity index (χ3v) is 3.35. The minimum absolute atomic E-state index is 0.